The van der Waals surface area contributed by atoms with Crippen molar-refractivity contribution in [2.24, 2.45) is 14.1 Å². The highest BCUT2D eigenvalue weighted by Crippen LogP contribution is 2.00. The van der Waals surface area contributed by atoms with E-state index < -0.39 is 11.2 Å². The van der Waals surface area contributed by atoms with Gasteiger partial charge in [0.25, 0.3) is 5.56 Å². The van der Waals surface area contributed by atoms with E-state index in [1.807, 2.05) is 0 Å². The topological polar surface area (TPSA) is 131 Å². The second-order valence-electron chi connectivity index (χ2n) is 4.45. The van der Waals surface area contributed by atoms with Gasteiger partial charge in [-0.25, -0.2) is 9.78 Å². The molecule has 2 aromatic heterocycles. The molecule has 1 aliphatic heterocycles. The van der Waals surface area contributed by atoms with Crippen molar-refractivity contribution in [1.82, 2.24) is 29.7 Å². The number of imidazole rings is 1. The van der Waals surface area contributed by atoms with E-state index in [0.29, 0.717) is 11.2 Å². The molecule has 22 heavy (non-hydrogen) atoms. The SMILES string of the molecule is Cn1cnc2c1c(=O)[nH]c(=O)n2C.O=C1CC(=O)NC(=S)N1. The normalized spacial score (nSPS) is 14.2. The number of nitrogens with zero attached hydrogens (tertiary/aromatic N) is 3. The predicted molar refractivity (Wildman–Crippen MR) is 80.1 cm³/mol. The molecule has 0 radical (unpaired) electrons. The number of hydrogen-bond acceptors (Lipinski definition) is 6. The Morgan fingerprint density at radius 2 is 1.73 bits per heavy atom. The van der Waals surface area contributed by atoms with Crippen LogP contribution in [0.2, 0.25) is 0 Å². The average molecular weight is 324 g/mol. The highest BCUT2D eigenvalue weighted by atomic mass is 32.1. The predicted octanol–water partition coefficient (Wildman–Crippen LogP) is -2.13. The fourth-order valence-corrected chi connectivity index (χ4v) is 2.01. The molecule has 3 rings (SSSR count). The first-order chi connectivity index (χ1) is 10.3. The van der Waals surface area contributed by atoms with Crippen LogP contribution in [0.25, 0.3) is 11.2 Å². The van der Waals surface area contributed by atoms with Gasteiger partial charge in [0, 0.05) is 14.1 Å². The molecule has 0 atom stereocenters. The van der Waals surface area contributed by atoms with Crippen molar-refractivity contribution in [2.45, 2.75) is 6.42 Å². The third-order valence-corrected chi connectivity index (χ3v) is 3.01. The first-order valence-electron chi connectivity index (χ1n) is 6.03. The largest absolute Gasteiger partial charge is 0.329 e. The monoisotopic (exact) mass is 324 g/mol. The zero-order valence-electron chi connectivity index (χ0n) is 11.7. The van der Waals surface area contributed by atoms with Crippen LogP contribution in [0.1, 0.15) is 6.42 Å². The van der Waals surface area contributed by atoms with Crippen LogP contribution in [-0.4, -0.2) is 36.0 Å². The summed E-state index contributed by atoms with van der Waals surface area (Å²) < 4.78 is 2.88. The van der Waals surface area contributed by atoms with Crippen LogP contribution in [0.5, 0.6) is 0 Å². The van der Waals surface area contributed by atoms with Gasteiger partial charge in [0.1, 0.15) is 6.42 Å². The van der Waals surface area contributed by atoms with Crippen LogP contribution in [-0.2, 0) is 23.7 Å². The molecule has 0 unspecified atom stereocenters. The van der Waals surface area contributed by atoms with Crippen molar-refractivity contribution >= 4 is 40.3 Å². The maximum Gasteiger partial charge on any atom is 0.329 e. The van der Waals surface area contributed by atoms with Crippen molar-refractivity contribution in [2.75, 3.05) is 0 Å². The molecule has 3 N–H and O–H groups in total. The van der Waals surface area contributed by atoms with Gasteiger partial charge >= 0.3 is 5.69 Å². The molecule has 1 aliphatic rings. The number of rotatable bonds is 0. The number of hydrogen-bond donors (Lipinski definition) is 3. The Morgan fingerprint density at radius 1 is 1.14 bits per heavy atom. The number of fused-ring (bicyclic) bond motifs is 1. The third-order valence-electron chi connectivity index (χ3n) is 2.80. The lowest BCUT2D eigenvalue weighted by Gasteiger charge is -2.12. The molecule has 116 valence electrons. The number of amides is 2. The maximum atomic E-state index is 11.3. The van der Waals surface area contributed by atoms with Gasteiger partial charge in [-0.1, -0.05) is 0 Å². The van der Waals surface area contributed by atoms with E-state index in [0.717, 1.165) is 0 Å². The van der Waals surface area contributed by atoms with E-state index in [1.165, 1.54) is 10.9 Å². The number of aryl methyl sites for hydroxylation is 2. The molecule has 1 saturated heterocycles. The lowest BCUT2D eigenvalue weighted by Crippen LogP contribution is -2.49. The van der Waals surface area contributed by atoms with E-state index in [-0.39, 0.29) is 23.3 Å². The standard InChI is InChI=1S/C7H8N4O2.C4H4N2O2S/c1-10-3-8-5-4(10)6(12)9-7(13)11(5)2;7-2-1-3(8)6-4(9)5-2/h3H,1-2H3,(H,9,12,13);1H2,(H2,5,6,7,8,9). The molecule has 10 nitrogen and oxygen atoms in total. The van der Waals surface area contributed by atoms with Gasteiger partial charge < -0.3 is 15.2 Å². The molecule has 11 heteroatoms. The quantitative estimate of drug-likeness (QED) is 0.375. The molecule has 0 bridgehead atoms. The van der Waals surface area contributed by atoms with Crippen molar-refractivity contribution in [1.29, 1.82) is 0 Å². The summed E-state index contributed by atoms with van der Waals surface area (Å²) >= 11 is 4.50. The highest BCUT2D eigenvalue weighted by Gasteiger charge is 2.17. The summed E-state index contributed by atoms with van der Waals surface area (Å²) in [7, 11) is 3.27. The summed E-state index contributed by atoms with van der Waals surface area (Å²) in [5.74, 6) is -0.687. The number of carbonyl (C=O) groups is 2. The molecule has 2 aromatic rings. The van der Waals surface area contributed by atoms with Crippen LogP contribution >= 0.6 is 12.2 Å². The average Bonchev–Trinajstić information content (AvgIpc) is 2.78. The number of nitrogens with one attached hydrogen (secondary N) is 3. The number of aromatic nitrogens is 4. The second-order valence-corrected chi connectivity index (χ2v) is 4.86. The molecule has 3 heterocycles. The minimum atomic E-state index is -0.448. The number of aromatic amines is 1. The van der Waals surface area contributed by atoms with Gasteiger partial charge in [0.15, 0.2) is 16.3 Å². The van der Waals surface area contributed by atoms with Gasteiger partial charge in [-0.05, 0) is 12.2 Å². The Morgan fingerprint density at radius 3 is 2.27 bits per heavy atom. The molecule has 0 saturated carbocycles. The summed E-state index contributed by atoms with van der Waals surface area (Å²) in [6.07, 6.45) is 1.37. The van der Waals surface area contributed by atoms with Crippen LogP contribution < -0.4 is 21.9 Å². The number of thiocarbonyl (C=S) groups is 1. The summed E-state index contributed by atoms with van der Waals surface area (Å²) in [5.41, 5.74) is -0.0485. The zero-order valence-corrected chi connectivity index (χ0v) is 12.5. The minimum Gasteiger partial charge on any atom is -0.328 e. The van der Waals surface area contributed by atoms with Crippen molar-refractivity contribution in [3.05, 3.63) is 27.2 Å². The fourth-order valence-electron chi connectivity index (χ4n) is 1.78. The van der Waals surface area contributed by atoms with Crippen molar-refractivity contribution in [3.8, 4) is 0 Å². The first-order valence-corrected chi connectivity index (χ1v) is 6.44. The van der Waals surface area contributed by atoms with Gasteiger partial charge in [-0.2, -0.15) is 0 Å². The van der Waals surface area contributed by atoms with Crippen LogP contribution in [0.15, 0.2) is 15.9 Å². The van der Waals surface area contributed by atoms with E-state index >= 15 is 0 Å². The zero-order chi connectivity index (χ0) is 16.4. The Kier molecular flexibility index (Phi) is 4.17. The van der Waals surface area contributed by atoms with E-state index in [1.54, 1.807) is 18.7 Å². The summed E-state index contributed by atoms with van der Waals surface area (Å²) in [5, 5.41) is 4.63. The summed E-state index contributed by atoms with van der Waals surface area (Å²) in [4.78, 5) is 49.4. The lowest BCUT2D eigenvalue weighted by molar-refractivity contribution is -0.129. The van der Waals surface area contributed by atoms with Crippen LogP contribution in [0, 0.1) is 0 Å². The van der Waals surface area contributed by atoms with E-state index in [9.17, 15) is 19.2 Å². The lowest BCUT2D eigenvalue weighted by atomic mass is 10.3. The molecule has 0 spiro atoms. The molecular weight excluding hydrogens is 312 g/mol. The minimum absolute atomic E-state index is 0.0938. The van der Waals surface area contributed by atoms with Crippen molar-refractivity contribution in [3.63, 3.8) is 0 Å². The number of H-pyrrole nitrogens is 1. The van der Waals surface area contributed by atoms with Crippen molar-refractivity contribution < 1.29 is 9.59 Å². The fraction of sp³-hybridized carbons (Fsp3) is 0.273. The molecule has 0 aliphatic carbocycles. The third kappa shape index (κ3) is 3.09. The maximum absolute atomic E-state index is 11.3. The van der Waals surface area contributed by atoms with Crippen LogP contribution in [0.3, 0.4) is 0 Å². The summed E-state index contributed by atoms with van der Waals surface area (Å²) in [6.45, 7) is 0. The first kappa shape index (κ1) is 15.6. The summed E-state index contributed by atoms with van der Waals surface area (Å²) in [6, 6.07) is 0. The van der Waals surface area contributed by atoms with E-state index in [2.05, 4.69) is 32.8 Å². The smallest absolute Gasteiger partial charge is 0.328 e. The van der Waals surface area contributed by atoms with Gasteiger partial charge in [0.2, 0.25) is 11.8 Å². The number of carbonyl (C=O) groups excluding carboxylic acids is 2. The Labute approximate surface area is 128 Å². The Bertz CT molecular complexity index is 847. The molecule has 1 fully saturated rings. The second kappa shape index (κ2) is 5.89. The van der Waals surface area contributed by atoms with Gasteiger partial charge in [0.05, 0.1) is 6.33 Å². The molecular formula is C11H12N6O4S. The van der Waals surface area contributed by atoms with E-state index in [4.69, 9.17) is 0 Å². The Balaban J connectivity index is 0.000000172. The molecule has 2 amide bonds. The highest BCUT2D eigenvalue weighted by molar-refractivity contribution is 7.80. The van der Waals surface area contributed by atoms with Gasteiger partial charge in [-0.3, -0.25) is 23.9 Å². The van der Waals surface area contributed by atoms with Crippen LogP contribution in [0.4, 0.5) is 0 Å². The molecule has 0 aromatic carbocycles. The Hall–Kier alpha value is -2.82. The van der Waals surface area contributed by atoms with Gasteiger partial charge in [-0.15, -0.1) is 0 Å².